The lowest BCUT2D eigenvalue weighted by Gasteiger charge is -2.19. The van der Waals surface area contributed by atoms with Crippen LogP contribution in [0.4, 0.5) is 4.39 Å². The number of halogens is 1. The zero-order chi connectivity index (χ0) is 10.8. The molecule has 0 amide bonds. The Morgan fingerprint density at radius 1 is 1.40 bits per heavy atom. The van der Waals surface area contributed by atoms with Crippen LogP contribution in [0.15, 0.2) is 24.3 Å². The molecule has 0 saturated carbocycles. The average Bonchev–Trinajstić information content (AvgIpc) is 2.23. The summed E-state index contributed by atoms with van der Waals surface area (Å²) in [4.78, 5) is 0. The van der Waals surface area contributed by atoms with E-state index in [1.165, 1.54) is 11.6 Å². The molecule has 1 nitrogen and oxygen atoms in total. The molecule has 15 heavy (non-hydrogen) atoms. The van der Waals surface area contributed by atoms with E-state index in [0.717, 1.165) is 30.4 Å². The molecule has 0 heterocycles. The van der Waals surface area contributed by atoms with Crippen LogP contribution in [0.3, 0.4) is 0 Å². The van der Waals surface area contributed by atoms with Crippen molar-refractivity contribution in [2.75, 3.05) is 0 Å². The van der Waals surface area contributed by atoms with Gasteiger partial charge in [0.2, 0.25) is 0 Å². The first kappa shape index (κ1) is 10.4. The minimum absolute atomic E-state index is 0.161. The third-order valence-electron chi connectivity index (χ3n) is 3.00. The maximum absolute atomic E-state index is 13.1. The van der Waals surface area contributed by atoms with Gasteiger partial charge in [-0.3, -0.25) is 0 Å². The zero-order valence-corrected chi connectivity index (χ0v) is 8.96. The van der Waals surface area contributed by atoms with Crippen LogP contribution in [0.2, 0.25) is 0 Å². The Kier molecular flexibility index (Phi) is 2.87. The molecule has 1 unspecified atom stereocenters. The van der Waals surface area contributed by atoms with Crippen LogP contribution in [-0.2, 0) is 0 Å². The Bertz CT molecular complexity index is 396. The van der Waals surface area contributed by atoms with E-state index in [4.69, 9.17) is 5.73 Å². The summed E-state index contributed by atoms with van der Waals surface area (Å²) < 4.78 is 13.1. The van der Waals surface area contributed by atoms with E-state index < -0.39 is 0 Å². The summed E-state index contributed by atoms with van der Waals surface area (Å²) in [6, 6.07) is 5.24. The molecule has 0 spiro atoms. The molecule has 0 aromatic heterocycles. The molecule has 1 atom stereocenters. The monoisotopic (exact) mass is 205 g/mol. The molecular weight excluding hydrogens is 189 g/mol. The van der Waals surface area contributed by atoms with Gasteiger partial charge in [0.25, 0.3) is 0 Å². The van der Waals surface area contributed by atoms with Crippen molar-refractivity contribution in [1.29, 1.82) is 0 Å². The van der Waals surface area contributed by atoms with Crippen LogP contribution in [0.5, 0.6) is 0 Å². The quantitative estimate of drug-likeness (QED) is 0.749. The summed E-state index contributed by atoms with van der Waals surface area (Å²) in [6.45, 7) is 2.02. The first-order valence-electron chi connectivity index (χ1n) is 5.38. The van der Waals surface area contributed by atoms with Crippen LogP contribution in [0, 0.1) is 12.7 Å². The lowest BCUT2D eigenvalue weighted by atomic mass is 9.89. The lowest BCUT2D eigenvalue weighted by molar-refractivity contribution is 0.611. The van der Waals surface area contributed by atoms with Gasteiger partial charge in [-0.1, -0.05) is 12.1 Å². The van der Waals surface area contributed by atoms with Crippen molar-refractivity contribution in [1.82, 2.24) is 0 Å². The Balaban J connectivity index is 2.33. The molecule has 1 aliphatic carbocycles. The highest BCUT2D eigenvalue weighted by Crippen LogP contribution is 2.28. The SMILES string of the molecule is Cc1ccc(F)cc1C1=CCC(N)CC1. The predicted octanol–water partition coefficient (Wildman–Crippen LogP) is 3.03. The van der Waals surface area contributed by atoms with Crippen molar-refractivity contribution in [3.8, 4) is 0 Å². The second-order valence-electron chi connectivity index (χ2n) is 4.22. The molecule has 2 N–H and O–H groups in total. The Morgan fingerprint density at radius 3 is 2.87 bits per heavy atom. The van der Waals surface area contributed by atoms with Crippen LogP contribution in [-0.4, -0.2) is 6.04 Å². The molecule has 0 fully saturated rings. The molecule has 1 aliphatic rings. The van der Waals surface area contributed by atoms with Gasteiger partial charge in [-0.05, 0) is 55.0 Å². The smallest absolute Gasteiger partial charge is 0.123 e. The molecule has 0 aliphatic heterocycles. The number of nitrogens with two attached hydrogens (primary N) is 1. The number of rotatable bonds is 1. The molecule has 0 saturated heterocycles. The summed E-state index contributed by atoms with van der Waals surface area (Å²) in [5.41, 5.74) is 9.25. The van der Waals surface area contributed by atoms with Gasteiger partial charge >= 0.3 is 0 Å². The standard InChI is InChI=1S/C13H16FN/c1-9-2-5-11(14)8-13(9)10-3-6-12(15)7-4-10/h2-3,5,8,12H,4,6-7,15H2,1H3. The zero-order valence-electron chi connectivity index (χ0n) is 8.96. The Morgan fingerprint density at radius 2 is 2.20 bits per heavy atom. The van der Waals surface area contributed by atoms with Gasteiger partial charge in [0.1, 0.15) is 5.82 Å². The fourth-order valence-corrected chi connectivity index (χ4v) is 2.04. The normalized spacial score (nSPS) is 21.3. The molecule has 2 rings (SSSR count). The summed E-state index contributed by atoms with van der Waals surface area (Å²) in [7, 11) is 0. The van der Waals surface area contributed by atoms with Crippen molar-refractivity contribution in [3.05, 3.63) is 41.2 Å². The summed E-state index contributed by atoms with van der Waals surface area (Å²) in [5, 5.41) is 0. The number of hydrogen-bond donors (Lipinski definition) is 1. The van der Waals surface area contributed by atoms with E-state index in [9.17, 15) is 4.39 Å². The molecule has 1 aromatic carbocycles. The van der Waals surface area contributed by atoms with Gasteiger partial charge < -0.3 is 5.73 Å². The van der Waals surface area contributed by atoms with E-state index in [1.807, 2.05) is 13.0 Å². The van der Waals surface area contributed by atoms with Crippen molar-refractivity contribution in [3.63, 3.8) is 0 Å². The first-order valence-corrected chi connectivity index (χ1v) is 5.38. The second kappa shape index (κ2) is 4.15. The van der Waals surface area contributed by atoms with Crippen LogP contribution in [0.1, 0.15) is 30.4 Å². The largest absolute Gasteiger partial charge is 0.327 e. The highest BCUT2D eigenvalue weighted by Gasteiger charge is 2.13. The topological polar surface area (TPSA) is 26.0 Å². The summed E-state index contributed by atoms with van der Waals surface area (Å²) in [6.07, 6.45) is 5.02. The maximum Gasteiger partial charge on any atom is 0.123 e. The van der Waals surface area contributed by atoms with E-state index in [1.54, 1.807) is 6.07 Å². The number of hydrogen-bond acceptors (Lipinski definition) is 1. The molecule has 2 heteroatoms. The maximum atomic E-state index is 13.1. The Hall–Kier alpha value is -1.15. The molecule has 0 radical (unpaired) electrons. The fourth-order valence-electron chi connectivity index (χ4n) is 2.04. The third kappa shape index (κ3) is 2.26. The highest BCUT2D eigenvalue weighted by molar-refractivity contribution is 5.68. The molecule has 0 bridgehead atoms. The van der Waals surface area contributed by atoms with Gasteiger partial charge in [0.15, 0.2) is 0 Å². The predicted molar refractivity (Wildman–Crippen MR) is 60.9 cm³/mol. The van der Waals surface area contributed by atoms with Gasteiger partial charge in [0.05, 0.1) is 0 Å². The van der Waals surface area contributed by atoms with Gasteiger partial charge in [-0.15, -0.1) is 0 Å². The number of allylic oxidation sites excluding steroid dienone is 1. The second-order valence-corrected chi connectivity index (χ2v) is 4.22. The minimum atomic E-state index is -0.161. The van der Waals surface area contributed by atoms with Crippen molar-refractivity contribution >= 4 is 5.57 Å². The van der Waals surface area contributed by atoms with E-state index in [2.05, 4.69) is 6.08 Å². The number of aryl methyl sites for hydroxylation is 1. The minimum Gasteiger partial charge on any atom is -0.327 e. The van der Waals surface area contributed by atoms with Crippen molar-refractivity contribution < 1.29 is 4.39 Å². The molecule has 1 aromatic rings. The first-order chi connectivity index (χ1) is 7.16. The molecular formula is C13H16FN. The third-order valence-corrected chi connectivity index (χ3v) is 3.00. The van der Waals surface area contributed by atoms with Crippen LogP contribution < -0.4 is 5.73 Å². The Labute approximate surface area is 89.8 Å². The summed E-state index contributed by atoms with van der Waals surface area (Å²) in [5.74, 6) is -0.161. The van der Waals surface area contributed by atoms with Crippen molar-refractivity contribution in [2.45, 2.75) is 32.2 Å². The van der Waals surface area contributed by atoms with E-state index in [-0.39, 0.29) is 11.9 Å². The highest BCUT2D eigenvalue weighted by atomic mass is 19.1. The average molecular weight is 205 g/mol. The van der Waals surface area contributed by atoms with Crippen LogP contribution >= 0.6 is 0 Å². The number of benzene rings is 1. The van der Waals surface area contributed by atoms with Gasteiger partial charge in [-0.2, -0.15) is 0 Å². The lowest BCUT2D eigenvalue weighted by Crippen LogP contribution is -2.21. The fraction of sp³-hybridized carbons (Fsp3) is 0.385. The summed E-state index contributed by atoms with van der Waals surface area (Å²) >= 11 is 0. The van der Waals surface area contributed by atoms with E-state index in [0.29, 0.717) is 0 Å². The van der Waals surface area contributed by atoms with E-state index >= 15 is 0 Å². The van der Waals surface area contributed by atoms with Crippen molar-refractivity contribution in [2.24, 2.45) is 5.73 Å². The van der Waals surface area contributed by atoms with Crippen LogP contribution in [0.25, 0.3) is 5.57 Å². The molecule has 80 valence electrons. The van der Waals surface area contributed by atoms with Gasteiger partial charge in [-0.25, -0.2) is 4.39 Å². The van der Waals surface area contributed by atoms with Gasteiger partial charge in [0, 0.05) is 6.04 Å².